The number of rotatable bonds is 7. The Morgan fingerprint density at radius 3 is 2.78 bits per heavy atom. The number of hydrogen-bond acceptors (Lipinski definition) is 2. The molecule has 1 aliphatic carbocycles. The van der Waals surface area contributed by atoms with Gasteiger partial charge in [0.15, 0.2) is 0 Å². The third-order valence-corrected chi connectivity index (χ3v) is 3.51. The minimum atomic E-state index is 0.304. The van der Waals surface area contributed by atoms with Gasteiger partial charge in [-0.25, -0.2) is 0 Å². The second-order valence-corrected chi connectivity index (χ2v) is 4.88. The Bertz CT molecular complexity index is 372. The molecule has 0 fully saturated rings. The summed E-state index contributed by atoms with van der Waals surface area (Å²) in [6.45, 7) is 1.76. The van der Waals surface area contributed by atoms with Crippen molar-refractivity contribution in [1.29, 1.82) is 0 Å². The van der Waals surface area contributed by atoms with Crippen LogP contribution in [0.25, 0.3) is 0 Å². The number of ether oxygens (including phenoxy) is 1. The first-order chi connectivity index (χ1) is 8.90. The van der Waals surface area contributed by atoms with Crippen molar-refractivity contribution in [3.8, 4) is 0 Å². The van der Waals surface area contributed by atoms with Crippen LogP contribution in [0.1, 0.15) is 37.3 Å². The van der Waals surface area contributed by atoms with E-state index in [9.17, 15) is 0 Å². The summed E-state index contributed by atoms with van der Waals surface area (Å²) >= 11 is 0. The first-order valence-corrected chi connectivity index (χ1v) is 6.85. The maximum absolute atomic E-state index is 5.30. The molecule has 18 heavy (non-hydrogen) atoms. The van der Waals surface area contributed by atoms with Gasteiger partial charge in [-0.3, -0.25) is 0 Å². The lowest BCUT2D eigenvalue weighted by Gasteiger charge is -2.18. The van der Waals surface area contributed by atoms with E-state index in [0.29, 0.717) is 6.04 Å². The number of nitrogens with one attached hydrogen (secondary N) is 1. The van der Waals surface area contributed by atoms with Crippen molar-refractivity contribution in [3.05, 3.63) is 47.5 Å². The predicted molar refractivity (Wildman–Crippen MR) is 75.6 cm³/mol. The lowest BCUT2D eigenvalue weighted by Crippen LogP contribution is -2.26. The van der Waals surface area contributed by atoms with Crippen molar-refractivity contribution in [2.45, 2.75) is 31.7 Å². The average molecular weight is 245 g/mol. The first-order valence-electron chi connectivity index (χ1n) is 6.85. The molecule has 2 heteroatoms. The minimum absolute atomic E-state index is 0.304. The van der Waals surface area contributed by atoms with Crippen LogP contribution in [0.3, 0.4) is 0 Å². The van der Waals surface area contributed by atoms with Gasteiger partial charge in [-0.05, 0) is 37.8 Å². The molecule has 0 saturated heterocycles. The second-order valence-electron chi connectivity index (χ2n) is 4.88. The minimum Gasteiger partial charge on any atom is -0.383 e. The molecule has 2 rings (SSSR count). The van der Waals surface area contributed by atoms with Gasteiger partial charge >= 0.3 is 0 Å². The molecule has 0 saturated carbocycles. The molecule has 0 radical (unpaired) electrons. The lowest BCUT2D eigenvalue weighted by atomic mass is 10.1. The highest BCUT2D eigenvalue weighted by Gasteiger charge is 2.11. The summed E-state index contributed by atoms with van der Waals surface area (Å²) in [6, 6.07) is 10.8. The van der Waals surface area contributed by atoms with Crippen LogP contribution < -0.4 is 5.32 Å². The SMILES string of the molecule is COCC(NCCC1=CCCC1)c1ccccc1. The van der Waals surface area contributed by atoms with Crippen molar-refractivity contribution in [2.24, 2.45) is 0 Å². The Balaban J connectivity index is 1.82. The molecular formula is C16H23NO. The van der Waals surface area contributed by atoms with Gasteiger partial charge in [-0.2, -0.15) is 0 Å². The Hall–Kier alpha value is -1.12. The van der Waals surface area contributed by atoms with Crippen LogP contribution in [-0.4, -0.2) is 20.3 Å². The predicted octanol–water partition coefficient (Wildman–Crippen LogP) is 3.46. The normalized spacial score (nSPS) is 16.6. The van der Waals surface area contributed by atoms with E-state index in [1.54, 1.807) is 12.7 Å². The van der Waals surface area contributed by atoms with Gasteiger partial charge in [0.2, 0.25) is 0 Å². The summed E-state index contributed by atoms with van der Waals surface area (Å²) in [5.41, 5.74) is 2.92. The van der Waals surface area contributed by atoms with Gasteiger partial charge in [0.1, 0.15) is 0 Å². The fourth-order valence-corrected chi connectivity index (χ4v) is 2.50. The van der Waals surface area contributed by atoms with Gasteiger partial charge < -0.3 is 10.1 Å². The van der Waals surface area contributed by atoms with Crippen LogP contribution in [0, 0.1) is 0 Å². The fraction of sp³-hybridized carbons (Fsp3) is 0.500. The van der Waals surface area contributed by atoms with Crippen molar-refractivity contribution >= 4 is 0 Å². The van der Waals surface area contributed by atoms with E-state index in [1.807, 2.05) is 0 Å². The van der Waals surface area contributed by atoms with Gasteiger partial charge in [0.05, 0.1) is 12.6 Å². The number of benzene rings is 1. The highest BCUT2D eigenvalue weighted by atomic mass is 16.5. The van der Waals surface area contributed by atoms with Crippen LogP contribution in [0.4, 0.5) is 0 Å². The van der Waals surface area contributed by atoms with Gasteiger partial charge in [0, 0.05) is 7.11 Å². The Morgan fingerprint density at radius 1 is 1.28 bits per heavy atom. The third-order valence-electron chi connectivity index (χ3n) is 3.51. The summed E-state index contributed by atoms with van der Waals surface area (Å²) in [5.74, 6) is 0. The van der Waals surface area contributed by atoms with Crippen molar-refractivity contribution in [3.63, 3.8) is 0 Å². The molecule has 0 amide bonds. The number of methoxy groups -OCH3 is 1. The van der Waals surface area contributed by atoms with E-state index in [0.717, 1.165) is 13.2 Å². The van der Waals surface area contributed by atoms with Crippen LogP contribution >= 0.6 is 0 Å². The van der Waals surface area contributed by atoms with Crippen LogP contribution in [0.2, 0.25) is 0 Å². The van der Waals surface area contributed by atoms with Crippen LogP contribution in [-0.2, 0) is 4.74 Å². The van der Waals surface area contributed by atoms with Crippen molar-refractivity contribution < 1.29 is 4.74 Å². The summed E-state index contributed by atoms with van der Waals surface area (Å²) in [5, 5.41) is 3.60. The van der Waals surface area contributed by atoms with E-state index in [-0.39, 0.29) is 0 Å². The molecule has 1 aromatic rings. The van der Waals surface area contributed by atoms with E-state index in [1.165, 1.54) is 31.2 Å². The van der Waals surface area contributed by atoms with E-state index in [2.05, 4.69) is 41.7 Å². The van der Waals surface area contributed by atoms with Gasteiger partial charge in [0.25, 0.3) is 0 Å². The van der Waals surface area contributed by atoms with E-state index >= 15 is 0 Å². The largest absolute Gasteiger partial charge is 0.383 e. The molecule has 98 valence electrons. The van der Waals surface area contributed by atoms with Gasteiger partial charge in [-0.15, -0.1) is 0 Å². The lowest BCUT2D eigenvalue weighted by molar-refractivity contribution is 0.167. The smallest absolute Gasteiger partial charge is 0.0657 e. The molecule has 0 spiro atoms. The topological polar surface area (TPSA) is 21.3 Å². The summed E-state index contributed by atoms with van der Waals surface area (Å²) in [6.07, 6.45) is 7.48. The zero-order valence-corrected chi connectivity index (χ0v) is 11.2. The van der Waals surface area contributed by atoms with E-state index in [4.69, 9.17) is 4.74 Å². The molecule has 0 heterocycles. The molecule has 1 atom stereocenters. The highest BCUT2D eigenvalue weighted by Crippen LogP contribution is 2.20. The molecule has 1 unspecified atom stereocenters. The zero-order chi connectivity index (χ0) is 12.6. The number of allylic oxidation sites excluding steroid dienone is 1. The molecule has 0 aromatic heterocycles. The Labute approximate surface area is 110 Å². The molecular weight excluding hydrogens is 222 g/mol. The maximum Gasteiger partial charge on any atom is 0.0657 e. The number of hydrogen-bond donors (Lipinski definition) is 1. The molecule has 1 aliphatic rings. The zero-order valence-electron chi connectivity index (χ0n) is 11.2. The molecule has 1 N–H and O–H groups in total. The summed E-state index contributed by atoms with van der Waals surface area (Å²) < 4.78 is 5.30. The standard InChI is InChI=1S/C16H23NO/c1-18-13-16(15-9-3-2-4-10-15)17-12-11-14-7-5-6-8-14/h2-4,7,9-10,16-17H,5-6,8,11-13H2,1H3. The van der Waals surface area contributed by atoms with Gasteiger partial charge in [-0.1, -0.05) is 42.0 Å². The molecule has 0 bridgehead atoms. The average Bonchev–Trinajstić information content (AvgIpc) is 2.92. The quantitative estimate of drug-likeness (QED) is 0.743. The van der Waals surface area contributed by atoms with Crippen molar-refractivity contribution in [1.82, 2.24) is 5.32 Å². The monoisotopic (exact) mass is 245 g/mol. The van der Waals surface area contributed by atoms with Crippen LogP contribution in [0.15, 0.2) is 42.0 Å². The van der Waals surface area contributed by atoms with Crippen LogP contribution in [0.5, 0.6) is 0 Å². The Morgan fingerprint density at radius 2 is 2.11 bits per heavy atom. The van der Waals surface area contributed by atoms with E-state index < -0.39 is 0 Å². The maximum atomic E-state index is 5.30. The fourth-order valence-electron chi connectivity index (χ4n) is 2.50. The summed E-state index contributed by atoms with van der Waals surface area (Å²) in [7, 11) is 1.76. The Kier molecular flexibility index (Phi) is 5.43. The summed E-state index contributed by atoms with van der Waals surface area (Å²) in [4.78, 5) is 0. The third kappa shape index (κ3) is 3.97. The van der Waals surface area contributed by atoms with Crippen molar-refractivity contribution in [2.75, 3.05) is 20.3 Å². The molecule has 2 nitrogen and oxygen atoms in total. The molecule has 1 aromatic carbocycles. The second kappa shape index (κ2) is 7.34. The highest BCUT2D eigenvalue weighted by molar-refractivity contribution is 5.19. The molecule has 0 aliphatic heterocycles. The first kappa shape index (κ1) is 13.3.